The highest BCUT2D eigenvalue weighted by molar-refractivity contribution is 5.87. The van der Waals surface area contributed by atoms with Crippen molar-refractivity contribution in [1.82, 2.24) is 15.5 Å². The van der Waals surface area contributed by atoms with Crippen molar-refractivity contribution in [2.24, 2.45) is 0 Å². The van der Waals surface area contributed by atoms with Gasteiger partial charge in [-0.2, -0.15) is 0 Å². The number of carboxylic acids is 1. The Labute approximate surface area is 115 Å². The highest BCUT2D eigenvalue weighted by Crippen LogP contribution is 2.17. The van der Waals surface area contributed by atoms with E-state index in [1.165, 1.54) is 7.11 Å². The van der Waals surface area contributed by atoms with E-state index in [0.29, 0.717) is 13.2 Å². The van der Waals surface area contributed by atoms with Crippen molar-refractivity contribution in [3.63, 3.8) is 0 Å². The molecule has 4 N–H and O–H groups in total. The molecule has 1 aliphatic rings. The molecular weight excluding hydrogens is 270 g/mol. The molecule has 0 aliphatic carbocycles. The van der Waals surface area contributed by atoms with Crippen LogP contribution in [-0.2, 0) is 14.3 Å². The standard InChI is InChI=1S/C11H19N3O6/c1-20-3-2-12-9(16)5-13-11(19)14-6-7(15)4-8(14)10(17)18/h7-8,15H,2-6H2,1H3,(H,12,16)(H,13,19)(H,17,18). The second-order valence-corrected chi connectivity index (χ2v) is 4.40. The number of aliphatic hydroxyl groups is 1. The molecule has 114 valence electrons. The van der Waals surface area contributed by atoms with E-state index in [2.05, 4.69) is 10.6 Å². The molecule has 0 aromatic rings. The van der Waals surface area contributed by atoms with Gasteiger partial charge in [0, 0.05) is 26.6 Å². The van der Waals surface area contributed by atoms with Crippen molar-refractivity contribution in [3.05, 3.63) is 0 Å². The molecule has 9 nitrogen and oxygen atoms in total. The van der Waals surface area contributed by atoms with E-state index in [-0.39, 0.29) is 19.5 Å². The number of hydrogen-bond donors (Lipinski definition) is 4. The summed E-state index contributed by atoms with van der Waals surface area (Å²) in [7, 11) is 1.50. The predicted octanol–water partition coefficient (Wildman–Crippen LogP) is -2.02. The highest BCUT2D eigenvalue weighted by atomic mass is 16.5. The van der Waals surface area contributed by atoms with E-state index in [0.717, 1.165) is 4.90 Å². The van der Waals surface area contributed by atoms with Crippen LogP contribution in [-0.4, -0.2) is 78.5 Å². The number of aliphatic carboxylic acids is 1. The van der Waals surface area contributed by atoms with E-state index in [9.17, 15) is 19.5 Å². The number of rotatable bonds is 6. The van der Waals surface area contributed by atoms with E-state index < -0.39 is 30.1 Å². The average molecular weight is 289 g/mol. The molecule has 0 aromatic carbocycles. The maximum Gasteiger partial charge on any atom is 0.326 e. The molecule has 1 saturated heterocycles. The van der Waals surface area contributed by atoms with Crippen LogP contribution in [0, 0.1) is 0 Å². The fourth-order valence-corrected chi connectivity index (χ4v) is 1.88. The van der Waals surface area contributed by atoms with E-state index in [4.69, 9.17) is 9.84 Å². The molecule has 0 spiro atoms. The number of carbonyl (C=O) groups is 3. The van der Waals surface area contributed by atoms with Gasteiger partial charge in [-0.15, -0.1) is 0 Å². The Balaban J connectivity index is 2.38. The minimum atomic E-state index is -1.18. The number of nitrogens with zero attached hydrogens (tertiary/aromatic N) is 1. The summed E-state index contributed by atoms with van der Waals surface area (Å²) >= 11 is 0. The minimum absolute atomic E-state index is 0.0111. The van der Waals surface area contributed by atoms with Gasteiger partial charge < -0.3 is 30.5 Å². The molecule has 2 unspecified atom stereocenters. The average Bonchev–Trinajstić information content (AvgIpc) is 2.78. The molecule has 0 aromatic heterocycles. The SMILES string of the molecule is COCCNC(=O)CNC(=O)N1CC(O)CC1C(=O)O. The molecule has 1 aliphatic heterocycles. The molecule has 9 heteroatoms. The lowest BCUT2D eigenvalue weighted by atomic mass is 10.2. The maximum absolute atomic E-state index is 11.8. The van der Waals surface area contributed by atoms with Gasteiger partial charge in [0.15, 0.2) is 0 Å². The van der Waals surface area contributed by atoms with E-state index in [1.54, 1.807) is 0 Å². The zero-order chi connectivity index (χ0) is 15.1. The lowest BCUT2D eigenvalue weighted by Crippen LogP contribution is -2.48. The Morgan fingerprint density at radius 2 is 2.05 bits per heavy atom. The predicted molar refractivity (Wildman–Crippen MR) is 67.0 cm³/mol. The van der Waals surface area contributed by atoms with Crippen LogP contribution in [0.5, 0.6) is 0 Å². The molecule has 1 rings (SSSR count). The summed E-state index contributed by atoms with van der Waals surface area (Å²) in [6.45, 7) is 0.361. The molecule has 0 bridgehead atoms. The molecule has 1 heterocycles. The quantitative estimate of drug-likeness (QED) is 0.418. The monoisotopic (exact) mass is 289 g/mol. The molecule has 1 fully saturated rings. The summed E-state index contributed by atoms with van der Waals surface area (Å²) in [5, 5.41) is 23.2. The number of methoxy groups -OCH3 is 1. The van der Waals surface area contributed by atoms with Gasteiger partial charge >= 0.3 is 12.0 Å². The van der Waals surface area contributed by atoms with Crippen LogP contribution in [0.2, 0.25) is 0 Å². The number of likely N-dealkylation sites (tertiary alicyclic amines) is 1. The van der Waals surface area contributed by atoms with Crippen molar-refractivity contribution in [3.8, 4) is 0 Å². The third-order valence-electron chi connectivity index (χ3n) is 2.85. The summed E-state index contributed by atoms with van der Waals surface area (Å²) in [6, 6.07) is -1.75. The Bertz CT molecular complexity index is 375. The van der Waals surface area contributed by atoms with Crippen molar-refractivity contribution in [1.29, 1.82) is 0 Å². The van der Waals surface area contributed by atoms with Crippen molar-refractivity contribution >= 4 is 17.9 Å². The van der Waals surface area contributed by atoms with E-state index in [1.807, 2.05) is 0 Å². The third kappa shape index (κ3) is 4.67. The summed E-state index contributed by atoms with van der Waals surface area (Å²) in [5.74, 6) is -1.58. The highest BCUT2D eigenvalue weighted by Gasteiger charge is 2.38. The van der Waals surface area contributed by atoms with Gasteiger partial charge in [0.25, 0.3) is 0 Å². The zero-order valence-electron chi connectivity index (χ0n) is 11.2. The van der Waals surface area contributed by atoms with Crippen LogP contribution in [0.3, 0.4) is 0 Å². The zero-order valence-corrected chi connectivity index (χ0v) is 11.2. The number of carbonyl (C=O) groups excluding carboxylic acids is 2. The van der Waals surface area contributed by atoms with Gasteiger partial charge in [-0.25, -0.2) is 9.59 Å². The van der Waals surface area contributed by atoms with Crippen LogP contribution in [0.25, 0.3) is 0 Å². The number of aliphatic hydroxyl groups excluding tert-OH is 1. The maximum atomic E-state index is 11.8. The number of ether oxygens (including phenoxy) is 1. The number of β-amino-alcohol motifs (C(OH)–C–C–N with tert-alkyl or cyclic N) is 1. The fourth-order valence-electron chi connectivity index (χ4n) is 1.88. The largest absolute Gasteiger partial charge is 0.480 e. The molecule has 0 saturated carbocycles. The van der Waals surface area contributed by atoms with Crippen LogP contribution >= 0.6 is 0 Å². The van der Waals surface area contributed by atoms with Crippen molar-refractivity contribution in [2.75, 3.05) is 33.4 Å². The third-order valence-corrected chi connectivity index (χ3v) is 2.85. The smallest absolute Gasteiger partial charge is 0.326 e. The lowest BCUT2D eigenvalue weighted by Gasteiger charge is -2.21. The summed E-state index contributed by atoms with van der Waals surface area (Å²) < 4.78 is 4.75. The lowest BCUT2D eigenvalue weighted by molar-refractivity contribution is -0.141. The Morgan fingerprint density at radius 1 is 1.35 bits per heavy atom. The Kier molecular flexibility index (Phi) is 6.19. The van der Waals surface area contributed by atoms with Crippen LogP contribution in [0.4, 0.5) is 4.79 Å². The number of hydrogen-bond acceptors (Lipinski definition) is 5. The molecule has 3 amide bonds. The molecule has 2 atom stereocenters. The molecule has 20 heavy (non-hydrogen) atoms. The summed E-state index contributed by atoms with van der Waals surface area (Å²) in [4.78, 5) is 35.1. The second-order valence-electron chi connectivity index (χ2n) is 4.40. The number of nitrogens with one attached hydrogen (secondary N) is 2. The normalized spacial score (nSPS) is 21.6. The van der Waals surface area contributed by atoms with Gasteiger partial charge in [-0.3, -0.25) is 4.79 Å². The number of urea groups is 1. The topological polar surface area (TPSA) is 128 Å². The van der Waals surface area contributed by atoms with Crippen LogP contribution in [0.1, 0.15) is 6.42 Å². The first-order valence-corrected chi connectivity index (χ1v) is 6.16. The van der Waals surface area contributed by atoms with Gasteiger partial charge in [0.2, 0.25) is 5.91 Å². The van der Waals surface area contributed by atoms with Crippen molar-refractivity contribution < 1.29 is 29.3 Å². The van der Waals surface area contributed by atoms with Crippen LogP contribution in [0.15, 0.2) is 0 Å². The first-order chi connectivity index (χ1) is 9.45. The second kappa shape index (κ2) is 7.65. The Hall–Kier alpha value is -1.87. The van der Waals surface area contributed by atoms with Crippen LogP contribution < -0.4 is 10.6 Å². The molecule has 0 radical (unpaired) electrons. The fraction of sp³-hybridized carbons (Fsp3) is 0.727. The van der Waals surface area contributed by atoms with Gasteiger partial charge in [-0.05, 0) is 0 Å². The number of carboxylic acid groups (broad SMARTS) is 1. The van der Waals surface area contributed by atoms with E-state index >= 15 is 0 Å². The van der Waals surface area contributed by atoms with Gasteiger partial charge in [0.05, 0.1) is 19.3 Å². The van der Waals surface area contributed by atoms with Crippen molar-refractivity contribution in [2.45, 2.75) is 18.6 Å². The molecular formula is C11H19N3O6. The Morgan fingerprint density at radius 3 is 2.65 bits per heavy atom. The number of amides is 3. The van der Waals surface area contributed by atoms with Gasteiger partial charge in [-0.1, -0.05) is 0 Å². The first-order valence-electron chi connectivity index (χ1n) is 6.16. The minimum Gasteiger partial charge on any atom is -0.480 e. The summed E-state index contributed by atoms with van der Waals surface area (Å²) in [6.07, 6.45) is -0.875. The van der Waals surface area contributed by atoms with Gasteiger partial charge in [0.1, 0.15) is 6.04 Å². The summed E-state index contributed by atoms with van der Waals surface area (Å²) in [5.41, 5.74) is 0. The first kappa shape index (κ1) is 16.2.